The van der Waals surface area contributed by atoms with Crippen molar-refractivity contribution in [1.82, 2.24) is 5.32 Å². The summed E-state index contributed by atoms with van der Waals surface area (Å²) in [5.74, 6) is 0. The summed E-state index contributed by atoms with van der Waals surface area (Å²) < 4.78 is 1.19. The molecule has 106 valence electrons. The van der Waals surface area contributed by atoms with Crippen molar-refractivity contribution >= 4 is 21.6 Å². The first kappa shape index (κ1) is 14.9. The van der Waals surface area contributed by atoms with E-state index in [0.717, 1.165) is 19.5 Å². The standard InChI is InChI=1S/C16H25BrN2/c1-12-6-7-13(10-14(12)17)19-11-15(2,3)18-9-8-16(19,4)5/h6-7,10,18H,8-9,11H2,1-5H3. The summed E-state index contributed by atoms with van der Waals surface area (Å²) >= 11 is 3.66. The molecule has 2 rings (SSSR count). The van der Waals surface area contributed by atoms with Crippen LogP contribution in [0.15, 0.2) is 22.7 Å². The van der Waals surface area contributed by atoms with E-state index in [1.54, 1.807) is 0 Å². The van der Waals surface area contributed by atoms with Gasteiger partial charge in [0.1, 0.15) is 0 Å². The van der Waals surface area contributed by atoms with Crippen LogP contribution in [0.1, 0.15) is 39.7 Å². The number of rotatable bonds is 1. The fraction of sp³-hybridized carbons (Fsp3) is 0.625. The minimum atomic E-state index is 0.144. The maximum absolute atomic E-state index is 3.66. The predicted molar refractivity (Wildman–Crippen MR) is 87.0 cm³/mol. The van der Waals surface area contributed by atoms with Crippen LogP contribution < -0.4 is 10.2 Å². The normalized spacial score (nSPS) is 22.1. The zero-order valence-corrected chi connectivity index (χ0v) is 14.3. The Hall–Kier alpha value is -0.540. The number of aryl methyl sites for hydroxylation is 1. The van der Waals surface area contributed by atoms with Crippen molar-refractivity contribution in [2.75, 3.05) is 18.0 Å². The lowest BCUT2D eigenvalue weighted by atomic mass is 9.96. The topological polar surface area (TPSA) is 15.3 Å². The molecule has 1 N–H and O–H groups in total. The lowest BCUT2D eigenvalue weighted by molar-refractivity contribution is 0.409. The molecule has 1 saturated heterocycles. The van der Waals surface area contributed by atoms with Gasteiger partial charge in [0, 0.05) is 27.8 Å². The molecule has 0 unspecified atom stereocenters. The average molecular weight is 325 g/mol. The lowest BCUT2D eigenvalue weighted by Crippen LogP contribution is -2.51. The number of benzene rings is 1. The number of hydrogen-bond donors (Lipinski definition) is 1. The van der Waals surface area contributed by atoms with Gasteiger partial charge in [-0.1, -0.05) is 22.0 Å². The minimum Gasteiger partial charge on any atom is -0.365 e. The molecule has 0 radical (unpaired) electrons. The lowest BCUT2D eigenvalue weighted by Gasteiger charge is -2.41. The first-order chi connectivity index (χ1) is 8.71. The van der Waals surface area contributed by atoms with Gasteiger partial charge >= 0.3 is 0 Å². The molecule has 1 aliphatic heterocycles. The summed E-state index contributed by atoms with van der Waals surface area (Å²) in [5.41, 5.74) is 2.91. The van der Waals surface area contributed by atoms with E-state index >= 15 is 0 Å². The molecule has 0 amide bonds. The molecular weight excluding hydrogens is 300 g/mol. The van der Waals surface area contributed by atoms with Gasteiger partial charge in [0.15, 0.2) is 0 Å². The quantitative estimate of drug-likeness (QED) is 0.836. The highest BCUT2D eigenvalue weighted by Gasteiger charge is 2.35. The van der Waals surface area contributed by atoms with Gasteiger partial charge in [-0.15, -0.1) is 0 Å². The van der Waals surface area contributed by atoms with E-state index in [-0.39, 0.29) is 11.1 Å². The highest BCUT2D eigenvalue weighted by atomic mass is 79.9. The van der Waals surface area contributed by atoms with Gasteiger partial charge in [-0.2, -0.15) is 0 Å². The number of nitrogens with zero attached hydrogens (tertiary/aromatic N) is 1. The molecule has 1 aliphatic rings. The molecule has 1 aromatic rings. The largest absolute Gasteiger partial charge is 0.365 e. The van der Waals surface area contributed by atoms with Crippen molar-refractivity contribution in [2.24, 2.45) is 0 Å². The number of nitrogens with one attached hydrogen (secondary N) is 1. The second kappa shape index (κ2) is 5.10. The molecule has 0 aliphatic carbocycles. The predicted octanol–water partition coefficient (Wildman–Crippen LogP) is 4.11. The molecule has 3 heteroatoms. The van der Waals surface area contributed by atoms with Crippen LogP contribution in [0.3, 0.4) is 0 Å². The zero-order chi connectivity index (χ0) is 14.3. The van der Waals surface area contributed by atoms with Crippen LogP contribution in [0.2, 0.25) is 0 Å². The Balaban J connectivity index is 2.39. The van der Waals surface area contributed by atoms with Crippen molar-refractivity contribution < 1.29 is 0 Å². The second-order valence-electron chi connectivity index (χ2n) is 6.89. The molecule has 0 saturated carbocycles. The molecule has 0 aromatic heterocycles. The van der Waals surface area contributed by atoms with E-state index in [1.807, 2.05) is 0 Å². The molecule has 2 nitrogen and oxygen atoms in total. The Kier molecular flexibility index (Phi) is 3.99. The Labute approximate surface area is 125 Å². The molecule has 1 fully saturated rings. The van der Waals surface area contributed by atoms with Gasteiger partial charge in [-0.3, -0.25) is 0 Å². The Morgan fingerprint density at radius 1 is 1.21 bits per heavy atom. The third-order valence-electron chi connectivity index (χ3n) is 4.09. The number of hydrogen-bond acceptors (Lipinski definition) is 2. The minimum absolute atomic E-state index is 0.144. The van der Waals surface area contributed by atoms with Crippen LogP contribution >= 0.6 is 15.9 Å². The summed E-state index contributed by atoms with van der Waals surface area (Å²) in [5, 5.41) is 3.65. The Bertz CT molecular complexity index is 466. The SMILES string of the molecule is Cc1ccc(N2CC(C)(C)NCCC2(C)C)cc1Br. The van der Waals surface area contributed by atoms with Gasteiger partial charge in [-0.25, -0.2) is 0 Å². The van der Waals surface area contributed by atoms with Gasteiger partial charge in [-0.05, 0) is 65.3 Å². The summed E-state index contributed by atoms with van der Waals surface area (Å²) in [6.45, 7) is 13.5. The van der Waals surface area contributed by atoms with Gasteiger partial charge in [0.25, 0.3) is 0 Å². The van der Waals surface area contributed by atoms with Gasteiger partial charge < -0.3 is 10.2 Å². The second-order valence-corrected chi connectivity index (χ2v) is 7.75. The third-order valence-corrected chi connectivity index (χ3v) is 4.95. The molecular formula is C16H25BrN2. The van der Waals surface area contributed by atoms with E-state index in [2.05, 4.69) is 79.0 Å². The van der Waals surface area contributed by atoms with Crippen molar-refractivity contribution in [3.63, 3.8) is 0 Å². The summed E-state index contributed by atoms with van der Waals surface area (Å²) in [7, 11) is 0. The van der Waals surface area contributed by atoms with Crippen molar-refractivity contribution in [2.45, 2.75) is 52.1 Å². The molecule has 0 atom stereocenters. The Morgan fingerprint density at radius 3 is 2.53 bits per heavy atom. The van der Waals surface area contributed by atoms with E-state index in [4.69, 9.17) is 0 Å². The molecule has 1 aromatic carbocycles. The van der Waals surface area contributed by atoms with Crippen LogP contribution in [0.25, 0.3) is 0 Å². The highest BCUT2D eigenvalue weighted by Crippen LogP contribution is 2.33. The van der Waals surface area contributed by atoms with E-state index in [1.165, 1.54) is 15.7 Å². The van der Waals surface area contributed by atoms with E-state index in [9.17, 15) is 0 Å². The van der Waals surface area contributed by atoms with Crippen LogP contribution in [-0.4, -0.2) is 24.2 Å². The maximum atomic E-state index is 3.66. The Morgan fingerprint density at radius 2 is 1.89 bits per heavy atom. The van der Waals surface area contributed by atoms with Crippen LogP contribution in [0, 0.1) is 6.92 Å². The van der Waals surface area contributed by atoms with Crippen molar-refractivity contribution in [1.29, 1.82) is 0 Å². The van der Waals surface area contributed by atoms with Gasteiger partial charge in [0.05, 0.1) is 0 Å². The van der Waals surface area contributed by atoms with Crippen LogP contribution in [0.4, 0.5) is 5.69 Å². The van der Waals surface area contributed by atoms with Crippen LogP contribution in [0.5, 0.6) is 0 Å². The molecule has 19 heavy (non-hydrogen) atoms. The zero-order valence-electron chi connectivity index (χ0n) is 12.7. The fourth-order valence-electron chi connectivity index (χ4n) is 2.70. The monoisotopic (exact) mass is 324 g/mol. The van der Waals surface area contributed by atoms with Crippen molar-refractivity contribution in [3.8, 4) is 0 Å². The van der Waals surface area contributed by atoms with E-state index in [0.29, 0.717) is 0 Å². The number of halogens is 1. The first-order valence-corrected chi connectivity index (χ1v) is 7.79. The smallest absolute Gasteiger partial charge is 0.0382 e. The molecule has 0 bridgehead atoms. The van der Waals surface area contributed by atoms with Gasteiger partial charge in [0.2, 0.25) is 0 Å². The molecule has 0 spiro atoms. The first-order valence-electron chi connectivity index (χ1n) is 7.00. The summed E-state index contributed by atoms with van der Waals surface area (Å²) in [6.07, 6.45) is 1.15. The average Bonchev–Trinajstić information content (AvgIpc) is 2.39. The highest BCUT2D eigenvalue weighted by molar-refractivity contribution is 9.10. The van der Waals surface area contributed by atoms with Crippen molar-refractivity contribution in [3.05, 3.63) is 28.2 Å². The summed E-state index contributed by atoms with van der Waals surface area (Å²) in [4.78, 5) is 2.54. The number of anilines is 1. The fourth-order valence-corrected chi connectivity index (χ4v) is 3.06. The maximum Gasteiger partial charge on any atom is 0.0382 e. The van der Waals surface area contributed by atoms with Crippen LogP contribution in [-0.2, 0) is 0 Å². The third kappa shape index (κ3) is 3.32. The molecule has 1 heterocycles. The summed E-state index contributed by atoms with van der Waals surface area (Å²) in [6, 6.07) is 6.68. The van der Waals surface area contributed by atoms with E-state index < -0.39 is 0 Å².